The van der Waals surface area contributed by atoms with E-state index in [1.807, 2.05) is 6.26 Å². The Hall–Kier alpha value is -3.25. The van der Waals surface area contributed by atoms with Crippen LogP contribution in [0.2, 0.25) is 0 Å². The molecule has 0 radical (unpaired) electrons. The molecule has 3 heteroatoms. The van der Waals surface area contributed by atoms with E-state index in [9.17, 15) is 4.79 Å². The van der Waals surface area contributed by atoms with Crippen LogP contribution in [0, 0.1) is 18.8 Å². The molecule has 0 unspecified atom stereocenters. The number of ether oxygens (including phenoxy) is 2. The van der Waals surface area contributed by atoms with Gasteiger partial charge in [-0.05, 0) is 54.3 Å². The minimum absolute atomic E-state index is 0.245. The molecule has 0 N–H and O–H groups in total. The maximum absolute atomic E-state index is 9.59. The molecule has 0 heterocycles. The van der Waals surface area contributed by atoms with Gasteiger partial charge in [0, 0.05) is 18.1 Å². The summed E-state index contributed by atoms with van der Waals surface area (Å²) in [7, 11) is 3.04. The molecule has 2 aromatic carbocycles. The van der Waals surface area contributed by atoms with Crippen molar-refractivity contribution in [2.45, 2.75) is 20.3 Å². The Labute approximate surface area is 161 Å². The van der Waals surface area contributed by atoms with Gasteiger partial charge in [-0.25, -0.2) is 0 Å². The lowest BCUT2D eigenvalue weighted by atomic mass is 9.91. The van der Waals surface area contributed by atoms with Crippen molar-refractivity contribution in [3.05, 3.63) is 82.6 Å². The van der Waals surface area contributed by atoms with Gasteiger partial charge >= 0.3 is 5.97 Å². The lowest BCUT2D eigenvalue weighted by Crippen LogP contribution is -1.95. The number of esters is 1. The molecular weight excluding hydrogens is 336 g/mol. The summed E-state index contributed by atoms with van der Waals surface area (Å²) in [4.78, 5) is 9.59. The number of aryl methyl sites for hydroxylation is 1. The van der Waals surface area contributed by atoms with Crippen LogP contribution in [0.3, 0.4) is 0 Å². The number of allylic oxidation sites excluding steroid dienone is 2. The molecule has 3 nitrogen and oxygen atoms in total. The van der Waals surface area contributed by atoms with E-state index in [2.05, 4.69) is 78.1 Å². The van der Waals surface area contributed by atoms with Crippen molar-refractivity contribution in [1.82, 2.24) is 0 Å². The van der Waals surface area contributed by atoms with Crippen molar-refractivity contribution in [2.75, 3.05) is 14.2 Å². The van der Waals surface area contributed by atoms with Gasteiger partial charge < -0.3 is 9.47 Å². The van der Waals surface area contributed by atoms with Crippen LogP contribution in [0.1, 0.15) is 41.2 Å². The van der Waals surface area contributed by atoms with Crippen molar-refractivity contribution in [3.63, 3.8) is 0 Å². The third-order valence-corrected chi connectivity index (χ3v) is 3.98. The van der Waals surface area contributed by atoms with Gasteiger partial charge in [-0.2, -0.15) is 0 Å². The minimum atomic E-state index is -0.245. The van der Waals surface area contributed by atoms with Crippen LogP contribution in [-0.2, 0) is 14.3 Å². The lowest BCUT2D eigenvalue weighted by molar-refractivity contribution is -0.137. The second-order valence-electron chi connectivity index (χ2n) is 6.10. The summed E-state index contributed by atoms with van der Waals surface area (Å²) in [5.74, 6) is 6.23. The largest absolute Gasteiger partial charge is 0.504 e. The van der Waals surface area contributed by atoms with Crippen molar-refractivity contribution in [3.8, 4) is 11.8 Å². The van der Waals surface area contributed by atoms with Crippen molar-refractivity contribution < 1.29 is 14.3 Å². The van der Waals surface area contributed by atoms with Crippen LogP contribution in [-0.4, -0.2) is 20.2 Å². The van der Waals surface area contributed by atoms with E-state index in [0.29, 0.717) is 0 Å². The number of hydrogen-bond donors (Lipinski definition) is 0. The smallest absolute Gasteiger partial charge is 0.302 e. The second-order valence-corrected chi connectivity index (χ2v) is 6.10. The van der Waals surface area contributed by atoms with E-state index in [-0.39, 0.29) is 5.97 Å². The zero-order chi connectivity index (χ0) is 19.6. The maximum atomic E-state index is 9.59. The predicted octanol–water partition coefficient (Wildman–Crippen LogP) is 4.98. The fourth-order valence-electron chi connectivity index (χ4n) is 2.52. The summed E-state index contributed by atoms with van der Waals surface area (Å²) in [6.07, 6.45) is 7.03. The number of fused-ring (bicyclic) bond motifs is 1. The molecule has 0 aliphatic heterocycles. The van der Waals surface area contributed by atoms with E-state index in [0.717, 1.165) is 17.5 Å². The van der Waals surface area contributed by atoms with E-state index >= 15 is 0 Å². The van der Waals surface area contributed by atoms with Crippen LogP contribution in [0.15, 0.2) is 54.8 Å². The van der Waals surface area contributed by atoms with Crippen LogP contribution in [0.5, 0.6) is 0 Å². The zero-order valence-corrected chi connectivity index (χ0v) is 16.2. The monoisotopic (exact) mass is 360 g/mol. The quantitative estimate of drug-likeness (QED) is 0.409. The van der Waals surface area contributed by atoms with E-state index in [1.165, 1.54) is 36.3 Å². The Morgan fingerprint density at radius 1 is 1.04 bits per heavy atom. The molecule has 0 spiro atoms. The lowest BCUT2D eigenvalue weighted by Gasteiger charge is -2.14. The summed E-state index contributed by atoms with van der Waals surface area (Å²) < 4.78 is 9.30. The molecule has 0 saturated carbocycles. The molecule has 0 saturated heterocycles. The molecule has 0 atom stereocenters. The third-order valence-electron chi connectivity index (χ3n) is 3.98. The second kappa shape index (κ2) is 10.0. The van der Waals surface area contributed by atoms with E-state index in [4.69, 9.17) is 4.74 Å². The first-order chi connectivity index (χ1) is 13.0. The van der Waals surface area contributed by atoms with Crippen LogP contribution in [0.4, 0.5) is 0 Å². The summed E-state index contributed by atoms with van der Waals surface area (Å²) >= 11 is 0. The van der Waals surface area contributed by atoms with E-state index < -0.39 is 0 Å². The highest BCUT2D eigenvalue weighted by Gasteiger charge is 2.10. The van der Waals surface area contributed by atoms with Gasteiger partial charge in [0.25, 0.3) is 0 Å². The van der Waals surface area contributed by atoms with E-state index in [1.54, 1.807) is 7.11 Å². The summed E-state index contributed by atoms with van der Waals surface area (Å²) in [6.45, 7) is 3.44. The Bertz CT molecular complexity index is 907. The van der Waals surface area contributed by atoms with Crippen molar-refractivity contribution >= 4 is 17.6 Å². The highest BCUT2D eigenvalue weighted by molar-refractivity contribution is 5.79. The van der Waals surface area contributed by atoms with Gasteiger partial charge in [0.2, 0.25) is 0 Å². The molecule has 0 aromatic heterocycles. The molecule has 1 aliphatic carbocycles. The Morgan fingerprint density at radius 2 is 1.67 bits per heavy atom. The van der Waals surface area contributed by atoms with Gasteiger partial charge in [0.05, 0.1) is 20.5 Å². The number of rotatable bonds is 1. The number of carbonyl (C=O) groups excluding carboxylic acids is 1. The molecule has 27 heavy (non-hydrogen) atoms. The first kappa shape index (κ1) is 20.1. The number of methoxy groups -OCH3 is 2. The highest BCUT2D eigenvalue weighted by atomic mass is 16.5. The Balaban J connectivity index is 0.000000465. The molecule has 3 rings (SSSR count). The van der Waals surface area contributed by atoms with Crippen molar-refractivity contribution in [2.24, 2.45) is 0 Å². The normalized spacial score (nSPS) is 12.8. The van der Waals surface area contributed by atoms with Gasteiger partial charge in [-0.15, -0.1) is 0 Å². The predicted molar refractivity (Wildman–Crippen MR) is 110 cm³/mol. The third kappa shape index (κ3) is 6.20. The summed E-state index contributed by atoms with van der Waals surface area (Å²) in [5, 5.41) is 0. The minimum Gasteiger partial charge on any atom is -0.504 e. The number of carbonyl (C=O) groups is 1. The number of benzene rings is 2. The number of hydrogen-bond acceptors (Lipinski definition) is 3. The molecule has 0 bridgehead atoms. The topological polar surface area (TPSA) is 35.5 Å². The average molecular weight is 360 g/mol. The average Bonchev–Trinajstić information content (AvgIpc) is 2.68. The molecule has 0 fully saturated rings. The fourth-order valence-corrected chi connectivity index (χ4v) is 2.52. The van der Waals surface area contributed by atoms with Gasteiger partial charge in [-0.3, -0.25) is 4.79 Å². The molecule has 2 aromatic rings. The first-order valence-electron chi connectivity index (χ1n) is 8.69. The first-order valence-corrected chi connectivity index (χ1v) is 8.69. The van der Waals surface area contributed by atoms with Crippen LogP contribution < -0.4 is 0 Å². The SMILES string of the molecule is COC(C)=O.COC=C1CC=Cc2ccc(C#Cc3ccc(C)cc3)cc21. The highest BCUT2D eigenvalue weighted by Crippen LogP contribution is 2.29. The van der Waals surface area contributed by atoms with Gasteiger partial charge in [0.15, 0.2) is 0 Å². The Morgan fingerprint density at radius 3 is 2.30 bits per heavy atom. The Kier molecular flexibility index (Phi) is 7.46. The maximum Gasteiger partial charge on any atom is 0.302 e. The summed E-state index contributed by atoms with van der Waals surface area (Å²) in [6, 6.07) is 14.6. The molecular formula is C24H24O3. The zero-order valence-electron chi connectivity index (χ0n) is 16.2. The van der Waals surface area contributed by atoms with Gasteiger partial charge in [0.1, 0.15) is 0 Å². The van der Waals surface area contributed by atoms with Crippen LogP contribution >= 0.6 is 0 Å². The van der Waals surface area contributed by atoms with Gasteiger partial charge in [-0.1, -0.05) is 47.8 Å². The molecule has 1 aliphatic rings. The van der Waals surface area contributed by atoms with Crippen LogP contribution in [0.25, 0.3) is 11.6 Å². The van der Waals surface area contributed by atoms with Crippen molar-refractivity contribution in [1.29, 1.82) is 0 Å². The molecule has 138 valence electrons. The fraction of sp³-hybridized carbons (Fsp3) is 0.208. The standard InChI is InChI=1S/C21H18O.C3H6O2/c1-16-6-8-17(9-7-16)10-11-18-12-13-19-4-3-5-20(15-22-2)21(19)14-18;1-3(4)5-2/h3-4,6-9,12-15H,5H2,1-2H3;1-2H3. The summed E-state index contributed by atoms with van der Waals surface area (Å²) in [5.41, 5.74) is 6.93. The molecule has 0 amide bonds.